The highest BCUT2D eigenvalue weighted by Gasteiger charge is 2.46. The number of ether oxygens (including phenoxy) is 3. The summed E-state index contributed by atoms with van der Waals surface area (Å²) in [5.74, 6) is 0.859. The molecule has 1 saturated heterocycles. The van der Waals surface area contributed by atoms with E-state index in [9.17, 15) is 9.59 Å². The number of carbonyl (C=O) groups excluding carboxylic acids is 2. The first kappa shape index (κ1) is 26.8. The number of piperidine rings is 1. The predicted molar refractivity (Wildman–Crippen MR) is 143 cm³/mol. The fraction of sp³-hybridized carbons (Fsp3) is 0.517. The molecule has 37 heavy (non-hydrogen) atoms. The summed E-state index contributed by atoms with van der Waals surface area (Å²) >= 11 is 0. The van der Waals surface area contributed by atoms with E-state index >= 15 is 0 Å². The number of rotatable bonds is 8. The summed E-state index contributed by atoms with van der Waals surface area (Å²) in [5, 5.41) is 0. The van der Waals surface area contributed by atoms with E-state index in [1.165, 1.54) is 0 Å². The highest BCUT2D eigenvalue weighted by atomic mass is 16.5. The van der Waals surface area contributed by atoms with Gasteiger partial charge in [0.05, 0.1) is 33.3 Å². The maximum Gasteiger partial charge on any atom is 0.254 e. The van der Waals surface area contributed by atoms with E-state index in [1.807, 2.05) is 60.2 Å². The zero-order valence-electron chi connectivity index (χ0n) is 22.8. The van der Waals surface area contributed by atoms with Crippen LogP contribution in [0.15, 0.2) is 36.4 Å². The van der Waals surface area contributed by atoms with Crippen molar-refractivity contribution in [2.24, 2.45) is 0 Å². The molecular formula is C29H39N3O5. The minimum absolute atomic E-state index is 0.0226. The van der Waals surface area contributed by atoms with Gasteiger partial charge in [0.15, 0.2) is 11.5 Å². The number of amides is 2. The topological polar surface area (TPSA) is 71.6 Å². The summed E-state index contributed by atoms with van der Waals surface area (Å²) in [6, 6.07) is 10.9. The van der Waals surface area contributed by atoms with E-state index in [1.54, 1.807) is 21.3 Å². The van der Waals surface area contributed by atoms with E-state index in [0.29, 0.717) is 29.4 Å². The first-order valence-electron chi connectivity index (χ1n) is 13.0. The van der Waals surface area contributed by atoms with Gasteiger partial charge in [0, 0.05) is 25.2 Å². The second-order valence-corrected chi connectivity index (χ2v) is 9.95. The Morgan fingerprint density at radius 3 is 2.22 bits per heavy atom. The van der Waals surface area contributed by atoms with Crippen molar-refractivity contribution in [2.75, 3.05) is 55.1 Å². The van der Waals surface area contributed by atoms with Crippen LogP contribution in [0.5, 0.6) is 17.2 Å². The van der Waals surface area contributed by atoms with E-state index in [4.69, 9.17) is 14.2 Å². The third-order valence-corrected chi connectivity index (χ3v) is 7.78. The van der Waals surface area contributed by atoms with Crippen molar-refractivity contribution in [3.63, 3.8) is 0 Å². The highest BCUT2D eigenvalue weighted by molar-refractivity contribution is 6.01. The minimum Gasteiger partial charge on any atom is -0.493 e. The summed E-state index contributed by atoms with van der Waals surface area (Å²) in [4.78, 5) is 34.3. The van der Waals surface area contributed by atoms with Gasteiger partial charge in [-0.1, -0.05) is 25.1 Å². The van der Waals surface area contributed by atoms with Crippen LogP contribution in [0.1, 0.15) is 59.6 Å². The molecule has 0 radical (unpaired) electrons. The molecule has 2 aromatic carbocycles. The monoisotopic (exact) mass is 509 g/mol. The second-order valence-electron chi connectivity index (χ2n) is 9.95. The van der Waals surface area contributed by atoms with Gasteiger partial charge in [-0.15, -0.1) is 0 Å². The van der Waals surface area contributed by atoms with E-state index in [-0.39, 0.29) is 17.9 Å². The van der Waals surface area contributed by atoms with Crippen LogP contribution in [0.4, 0.5) is 0 Å². The fourth-order valence-corrected chi connectivity index (χ4v) is 5.77. The number of benzene rings is 2. The fourth-order valence-electron chi connectivity index (χ4n) is 5.77. The largest absolute Gasteiger partial charge is 0.493 e. The van der Waals surface area contributed by atoms with E-state index in [0.717, 1.165) is 43.5 Å². The standard InChI is InChI=1S/C29H39N3O5/c1-7-14-32-26(19-17-23(35-4)27(37-6)24(18-19)36-5)25(21-10-8-9-11-22(21)28(32)33)29(34)31(3)20-12-15-30(2)16-13-20/h8-11,17-18,20,25-26H,7,12-16H2,1-6H3. The summed E-state index contributed by atoms with van der Waals surface area (Å²) in [6.45, 7) is 4.48. The van der Waals surface area contributed by atoms with Crippen molar-refractivity contribution < 1.29 is 23.8 Å². The van der Waals surface area contributed by atoms with Gasteiger partial charge in [0.1, 0.15) is 0 Å². The van der Waals surface area contributed by atoms with Crippen molar-refractivity contribution in [3.8, 4) is 17.2 Å². The number of methoxy groups -OCH3 is 3. The van der Waals surface area contributed by atoms with Crippen LogP contribution < -0.4 is 14.2 Å². The smallest absolute Gasteiger partial charge is 0.254 e. The summed E-state index contributed by atoms with van der Waals surface area (Å²) < 4.78 is 16.8. The molecule has 4 rings (SSSR count). The Labute approximate surface area is 220 Å². The van der Waals surface area contributed by atoms with Gasteiger partial charge in [-0.25, -0.2) is 0 Å². The molecule has 0 saturated carbocycles. The van der Waals surface area contributed by atoms with Crippen LogP contribution in [0.3, 0.4) is 0 Å². The molecule has 200 valence electrons. The second kappa shape index (κ2) is 11.4. The quantitative estimate of drug-likeness (QED) is 0.537. The van der Waals surface area contributed by atoms with Gasteiger partial charge in [0.2, 0.25) is 11.7 Å². The molecule has 8 nitrogen and oxygen atoms in total. The molecule has 8 heteroatoms. The summed E-state index contributed by atoms with van der Waals surface area (Å²) in [5.41, 5.74) is 2.14. The molecule has 2 aliphatic heterocycles. The van der Waals surface area contributed by atoms with Gasteiger partial charge in [-0.2, -0.15) is 0 Å². The number of hydrogen-bond acceptors (Lipinski definition) is 6. The molecule has 2 aliphatic rings. The Bertz CT molecular complexity index is 1100. The summed E-state index contributed by atoms with van der Waals surface area (Å²) in [6.07, 6.45) is 2.62. The molecule has 1 fully saturated rings. The third kappa shape index (κ3) is 4.99. The van der Waals surface area contributed by atoms with Crippen molar-refractivity contribution in [2.45, 2.75) is 44.2 Å². The number of nitrogens with zero attached hydrogens (tertiary/aromatic N) is 3. The van der Waals surface area contributed by atoms with Crippen molar-refractivity contribution in [1.82, 2.24) is 14.7 Å². The predicted octanol–water partition coefficient (Wildman–Crippen LogP) is 3.96. The lowest BCUT2D eigenvalue weighted by Crippen LogP contribution is -2.51. The number of hydrogen-bond donors (Lipinski definition) is 0. The lowest BCUT2D eigenvalue weighted by atomic mass is 9.78. The first-order valence-corrected chi connectivity index (χ1v) is 13.0. The van der Waals surface area contributed by atoms with Crippen molar-refractivity contribution >= 4 is 11.8 Å². The molecule has 2 heterocycles. The van der Waals surface area contributed by atoms with Gasteiger partial charge >= 0.3 is 0 Å². The third-order valence-electron chi connectivity index (χ3n) is 7.78. The number of likely N-dealkylation sites (N-methyl/N-ethyl adjacent to an activating group) is 1. The van der Waals surface area contributed by atoms with Crippen LogP contribution >= 0.6 is 0 Å². The zero-order valence-corrected chi connectivity index (χ0v) is 22.8. The lowest BCUT2D eigenvalue weighted by molar-refractivity contribution is -0.136. The molecule has 2 aromatic rings. The van der Waals surface area contributed by atoms with Crippen LogP contribution in [-0.2, 0) is 4.79 Å². The maximum absolute atomic E-state index is 14.4. The van der Waals surface area contributed by atoms with Gasteiger partial charge < -0.3 is 28.9 Å². The minimum atomic E-state index is -0.562. The Morgan fingerprint density at radius 1 is 1.03 bits per heavy atom. The van der Waals surface area contributed by atoms with E-state index < -0.39 is 12.0 Å². The van der Waals surface area contributed by atoms with Crippen molar-refractivity contribution in [1.29, 1.82) is 0 Å². The number of likely N-dealkylation sites (tertiary alicyclic amines) is 1. The van der Waals surface area contributed by atoms with Crippen molar-refractivity contribution in [3.05, 3.63) is 53.1 Å². The molecule has 0 aromatic heterocycles. The van der Waals surface area contributed by atoms with Crippen LogP contribution in [0, 0.1) is 0 Å². The Kier molecular flexibility index (Phi) is 8.27. The molecule has 0 aliphatic carbocycles. The molecule has 2 atom stereocenters. The Morgan fingerprint density at radius 2 is 1.65 bits per heavy atom. The molecule has 2 unspecified atom stereocenters. The van der Waals surface area contributed by atoms with Gasteiger partial charge in [0.25, 0.3) is 5.91 Å². The normalized spacial score (nSPS) is 20.4. The summed E-state index contributed by atoms with van der Waals surface area (Å²) in [7, 11) is 8.73. The molecule has 0 spiro atoms. The van der Waals surface area contributed by atoms with E-state index in [2.05, 4.69) is 11.9 Å². The van der Waals surface area contributed by atoms with Crippen LogP contribution in [0.25, 0.3) is 0 Å². The SMILES string of the molecule is CCCN1C(=O)c2ccccc2C(C(=O)N(C)C2CCN(C)CC2)C1c1cc(OC)c(OC)c(OC)c1. The maximum atomic E-state index is 14.4. The highest BCUT2D eigenvalue weighted by Crippen LogP contribution is 2.48. The lowest BCUT2D eigenvalue weighted by Gasteiger charge is -2.44. The van der Waals surface area contributed by atoms with Gasteiger partial charge in [-0.3, -0.25) is 9.59 Å². The average Bonchev–Trinajstić information content (AvgIpc) is 2.93. The Balaban J connectivity index is 1.88. The van der Waals surface area contributed by atoms with Gasteiger partial charge in [-0.05, 0) is 68.7 Å². The molecule has 2 amide bonds. The molecule has 0 N–H and O–H groups in total. The zero-order chi connectivity index (χ0) is 26.7. The number of carbonyl (C=O) groups is 2. The molecular weight excluding hydrogens is 470 g/mol. The number of fused-ring (bicyclic) bond motifs is 1. The van der Waals surface area contributed by atoms with Crippen LogP contribution in [0.2, 0.25) is 0 Å². The molecule has 0 bridgehead atoms. The van der Waals surface area contributed by atoms with Crippen LogP contribution in [-0.4, -0.2) is 87.6 Å². The Hall–Kier alpha value is -3.26. The first-order chi connectivity index (χ1) is 17.9. The average molecular weight is 510 g/mol.